The molecule has 88 valence electrons. The van der Waals surface area contributed by atoms with Gasteiger partial charge in [-0.2, -0.15) is 0 Å². The zero-order valence-corrected chi connectivity index (χ0v) is 10.8. The Hall–Kier alpha value is -1.37. The van der Waals surface area contributed by atoms with E-state index in [9.17, 15) is 9.46 Å². The van der Waals surface area contributed by atoms with Crippen molar-refractivity contribution < 1.29 is 9.46 Å². The first-order valence-corrected chi connectivity index (χ1v) is 7.08. The molecule has 0 atom stereocenters. The number of aryl methyl sites for hydroxylation is 2. The summed E-state index contributed by atoms with van der Waals surface area (Å²) in [6.07, 6.45) is 0. The van der Waals surface area contributed by atoms with Gasteiger partial charge < -0.3 is 9.46 Å². The quantitative estimate of drug-likeness (QED) is 0.758. The second kappa shape index (κ2) is 4.48. The van der Waals surface area contributed by atoms with Crippen LogP contribution in [-0.2, 0) is 4.57 Å². The van der Waals surface area contributed by atoms with Gasteiger partial charge in [-0.1, -0.05) is 59.7 Å². The molecule has 0 saturated heterocycles. The SMILES string of the molecule is Cc1ccc(P(=O)([O-])c2ccc(C)cc2)cc1. The molecule has 0 N–H and O–H groups in total. The highest BCUT2D eigenvalue weighted by Gasteiger charge is 2.13. The zero-order chi connectivity index (χ0) is 12.5. The minimum absolute atomic E-state index is 0.368. The molecule has 2 aromatic carbocycles. The third-order valence-corrected chi connectivity index (χ3v) is 4.70. The summed E-state index contributed by atoms with van der Waals surface area (Å²) in [7, 11) is -3.69. The van der Waals surface area contributed by atoms with E-state index in [0.717, 1.165) is 11.1 Å². The van der Waals surface area contributed by atoms with Crippen LogP contribution >= 0.6 is 7.37 Å². The largest absolute Gasteiger partial charge is 0.793 e. The summed E-state index contributed by atoms with van der Waals surface area (Å²) >= 11 is 0. The summed E-state index contributed by atoms with van der Waals surface area (Å²) in [5, 5.41) is 0.735. The van der Waals surface area contributed by atoms with Crippen LogP contribution in [0.5, 0.6) is 0 Å². The van der Waals surface area contributed by atoms with Gasteiger partial charge in [0.1, 0.15) is 0 Å². The van der Waals surface area contributed by atoms with E-state index in [0.29, 0.717) is 10.6 Å². The van der Waals surface area contributed by atoms with Crippen molar-refractivity contribution >= 4 is 18.0 Å². The van der Waals surface area contributed by atoms with Crippen LogP contribution in [0.4, 0.5) is 0 Å². The van der Waals surface area contributed by atoms with E-state index in [4.69, 9.17) is 0 Å². The highest BCUT2D eigenvalue weighted by Crippen LogP contribution is 2.32. The van der Waals surface area contributed by atoms with Crippen molar-refractivity contribution in [2.24, 2.45) is 0 Å². The maximum absolute atomic E-state index is 12.3. The van der Waals surface area contributed by atoms with Gasteiger partial charge >= 0.3 is 0 Å². The topological polar surface area (TPSA) is 40.1 Å². The fraction of sp³-hybridized carbons (Fsp3) is 0.143. The van der Waals surface area contributed by atoms with E-state index in [1.54, 1.807) is 24.3 Å². The third kappa shape index (κ3) is 2.49. The Balaban J connectivity index is 2.45. The normalized spacial score (nSPS) is 11.5. The standard InChI is InChI=1S/C14H15O2P/c1-11-3-7-13(8-4-11)17(15,16)14-9-5-12(2)6-10-14/h3-10H,1-2H3,(H,15,16)/p-1. The lowest BCUT2D eigenvalue weighted by molar-refractivity contribution is -0.167. The van der Waals surface area contributed by atoms with Gasteiger partial charge in [0, 0.05) is 10.6 Å². The summed E-state index contributed by atoms with van der Waals surface area (Å²) < 4.78 is 12.3. The molecule has 0 aliphatic carbocycles. The molecule has 0 unspecified atom stereocenters. The van der Waals surface area contributed by atoms with Crippen molar-refractivity contribution in [3.63, 3.8) is 0 Å². The van der Waals surface area contributed by atoms with E-state index < -0.39 is 7.37 Å². The lowest BCUT2D eigenvalue weighted by atomic mass is 10.2. The minimum atomic E-state index is -3.69. The van der Waals surface area contributed by atoms with Crippen LogP contribution in [0.1, 0.15) is 11.1 Å². The molecule has 0 bridgehead atoms. The molecule has 0 fully saturated rings. The van der Waals surface area contributed by atoms with Gasteiger partial charge in [0.2, 0.25) is 0 Å². The molecule has 17 heavy (non-hydrogen) atoms. The molecule has 0 amide bonds. The van der Waals surface area contributed by atoms with Gasteiger partial charge in [-0.15, -0.1) is 0 Å². The summed E-state index contributed by atoms with van der Waals surface area (Å²) in [6, 6.07) is 13.9. The molecular weight excluding hydrogens is 231 g/mol. The monoisotopic (exact) mass is 245 g/mol. The van der Waals surface area contributed by atoms with Gasteiger partial charge in [0.15, 0.2) is 0 Å². The van der Waals surface area contributed by atoms with Gasteiger partial charge in [-0.05, 0) is 13.8 Å². The fourth-order valence-corrected chi connectivity index (χ4v) is 3.01. The van der Waals surface area contributed by atoms with E-state index in [-0.39, 0.29) is 0 Å². The lowest BCUT2D eigenvalue weighted by Crippen LogP contribution is -2.24. The maximum atomic E-state index is 12.3. The van der Waals surface area contributed by atoms with Crippen molar-refractivity contribution in [2.45, 2.75) is 13.8 Å². The molecule has 0 saturated carbocycles. The first-order chi connectivity index (χ1) is 8.00. The van der Waals surface area contributed by atoms with Crippen molar-refractivity contribution in [3.8, 4) is 0 Å². The molecular formula is C14H14O2P-. The fourth-order valence-electron chi connectivity index (χ4n) is 1.63. The smallest absolute Gasteiger partial charge is 0.0720 e. The molecule has 3 heteroatoms. The van der Waals surface area contributed by atoms with Crippen molar-refractivity contribution in [1.82, 2.24) is 0 Å². The molecule has 0 aromatic heterocycles. The second-order valence-electron chi connectivity index (χ2n) is 4.22. The third-order valence-electron chi connectivity index (χ3n) is 2.75. The van der Waals surface area contributed by atoms with Crippen LogP contribution in [0.15, 0.2) is 48.5 Å². The lowest BCUT2D eigenvalue weighted by Gasteiger charge is -2.24. The first-order valence-electron chi connectivity index (χ1n) is 5.46. The number of hydrogen-bond acceptors (Lipinski definition) is 2. The molecule has 0 spiro atoms. The number of hydrogen-bond donors (Lipinski definition) is 0. The van der Waals surface area contributed by atoms with Crippen LogP contribution in [0.2, 0.25) is 0 Å². The molecule has 2 nitrogen and oxygen atoms in total. The van der Waals surface area contributed by atoms with Crippen molar-refractivity contribution in [1.29, 1.82) is 0 Å². The van der Waals surface area contributed by atoms with Crippen LogP contribution in [-0.4, -0.2) is 0 Å². The predicted octanol–water partition coefficient (Wildman–Crippen LogP) is 1.89. The highest BCUT2D eigenvalue weighted by molar-refractivity contribution is 7.72. The Morgan fingerprint density at radius 3 is 1.35 bits per heavy atom. The van der Waals surface area contributed by atoms with Crippen LogP contribution in [0, 0.1) is 13.8 Å². The first kappa shape index (κ1) is 12.1. The van der Waals surface area contributed by atoms with Gasteiger partial charge in [-0.25, -0.2) is 0 Å². The van der Waals surface area contributed by atoms with Crippen LogP contribution < -0.4 is 15.5 Å². The zero-order valence-electron chi connectivity index (χ0n) is 9.88. The number of benzene rings is 2. The molecule has 2 aromatic rings. The molecule has 0 aliphatic heterocycles. The van der Waals surface area contributed by atoms with Crippen molar-refractivity contribution in [2.75, 3.05) is 0 Å². The van der Waals surface area contributed by atoms with Gasteiger partial charge in [0.25, 0.3) is 0 Å². The van der Waals surface area contributed by atoms with Crippen LogP contribution in [0.25, 0.3) is 0 Å². The Bertz CT molecular complexity index is 506. The summed E-state index contributed by atoms with van der Waals surface area (Å²) in [5.74, 6) is 0. The Kier molecular flexibility index (Phi) is 3.19. The maximum Gasteiger partial charge on any atom is 0.0720 e. The molecule has 0 heterocycles. The summed E-state index contributed by atoms with van der Waals surface area (Å²) in [4.78, 5) is 12.3. The van der Waals surface area contributed by atoms with E-state index in [1.807, 2.05) is 38.1 Å². The molecule has 2 rings (SSSR count). The van der Waals surface area contributed by atoms with Gasteiger partial charge in [0.05, 0.1) is 7.37 Å². The van der Waals surface area contributed by atoms with Gasteiger partial charge in [-0.3, -0.25) is 0 Å². The average Bonchev–Trinajstić information content (AvgIpc) is 2.30. The summed E-state index contributed by atoms with van der Waals surface area (Å²) in [6.45, 7) is 3.87. The van der Waals surface area contributed by atoms with E-state index in [2.05, 4.69) is 0 Å². The van der Waals surface area contributed by atoms with Crippen LogP contribution in [0.3, 0.4) is 0 Å². The predicted molar refractivity (Wildman–Crippen MR) is 69.2 cm³/mol. The Morgan fingerprint density at radius 2 is 1.06 bits per heavy atom. The number of rotatable bonds is 2. The van der Waals surface area contributed by atoms with Crippen molar-refractivity contribution in [3.05, 3.63) is 59.7 Å². The minimum Gasteiger partial charge on any atom is -0.793 e. The molecule has 0 radical (unpaired) electrons. The second-order valence-corrected chi connectivity index (χ2v) is 6.36. The highest BCUT2D eigenvalue weighted by atomic mass is 31.2. The Morgan fingerprint density at radius 1 is 0.765 bits per heavy atom. The Labute approximate surface area is 101 Å². The summed E-state index contributed by atoms with van der Waals surface area (Å²) in [5.41, 5.74) is 2.11. The molecule has 0 aliphatic rings. The van der Waals surface area contributed by atoms with E-state index in [1.165, 1.54) is 0 Å². The average molecular weight is 245 g/mol. The van der Waals surface area contributed by atoms with E-state index >= 15 is 0 Å².